The number of amides is 2. The van der Waals surface area contributed by atoms with Crippen LogP contribution in [0.4, 0.5) is 0 Å². The summed E-state index contributed by atoms with van der Waals surface area (Å²) in [7, 11) is 0. The SMILES string of the molecule is CC(=O)Nn1c(O)c(C2=c3ccccc3=NC2=O)sc1=S. The van der Waals surface area contributed by atoms with Gasteiger partial charge in [-0.05, 0) is 18.3 Å². The molecule has 1 aliphatic rings. The van der Waals surface area contributed by atoms with E-state index in [2.05, 4.69) is 10.4 Å². The Labute approximate surface area is 127 Å². The first kappa shape index (κ1) is 13.7. The molecule has 8 heteroatoms. The summed E-state index contributed by atoms with van der Waals surface area (Å²) < 4.78 is 1.32. The Morgan fingerprint density at radius 2 is 2.14 bits per heavy atom. The van der Waals surface area contributed by atoms with Crippen molar-refractivity contribution in [3.8, 4) is 5.88 Å². The van der Waals surface area contributed by atoms with Crippen LogP contribution in [-0.2, 0) is 9.59 Å². The molecule has 0 atom stereocenters. The third kappa shape index (κ3) is 2.18. The molecule has 1 aliphatic heterocycles. The fourth-order valence-electron chi connectivity index (χ4n) is 2.07. The average Bonchev–Trinajstić information content (AvgIpc) is 2.89. The number of para-hydroxylation sites is 1. The molecule has 2 aromatic rings. The van der Waals surface area contributed by atoms with Crippen LogP contribution in [0.2, 0.25) is 0 Å². The maximum Gasteiger partial charge on any atom is 0.279 e. The molecule has 0 bridgehead atoms. The van der Waals surface area contributed by atoms with Gasteiger partial charge >= 0.3 is 0 Å². The maximum atomic E-state index is 12.1. The van der Waals surface area contributed by atoms with Gasteiger partial charge in [0.2, 0.25) is 11.8 Å². The van der Waals surface area contributed by atoms with Crippen LogP contribution in [0.1, 0.15) is 11.8 Å². The molecule has 1 aromatic heterocycles. The number of aromatic nitrogens is 1. The van der Waals surface area contributed by atoms with Gasteiger partial charge in [-0.15, -0.1) is 0 Å². The number of fused-ring (bicyclic) bond motifs is 1. The van der Waals surface area contributed by atoms with Crippen LogP contribution in [0.15, 0.2) is 29.3 Å². The molecule has 21 heavy (non-hydrogen) atoms. The molecule has 0 aliphatic carbocycles. The van der Waals surface area contributed by atoms with E-state index in [1.165, 1.54) is 6.92 Å². The highest BCUT2D eigenvalue weighted by Gasteiger charge is 2.25. The molecular weight excluding hydrogens is 310 g/mol. The van der Waals surface area contributed by atoms with Crippen molar-refractivity contribution in [1.82, 2.24) is 4.68 Å². The number of hydrogen-bond donors (Lipinski definition) is 2. The van der Waals surface area contributed by atoms with E-state index in [0.717, 1.165) is 16.0 Å². The Kier molecular flexibility index (Phi) is 3.19. The van der Waals surface area contributed by atoms with Gasteiger partial charge < -0.3 is 5.11 Å². The molecule has 1 aromatic carbocycles. The average molecular weight is 319 g/mol. The van der Waals surface area contributed by atoms with Crippen molar-refractivity contribution in [3.63, 3.8) is 0 Å². The number of benzene rings is 1. The molecule has 0 fully saturated rings. The Bertz CT molecular complexity index is 956. The second kappa shape index (κ2) is 4.90. The quantitative estimate of drug-likeness (QED) is 0.787. The number of hydrogen-bond acceptors (Lipinski definition) is 5. The lowest BCUT2D eigenvalue weighted by molar-refractivity contribution is -0.115. The van der Waals surface area contributed by atoms with E-state index in [9.17, 15) is 14.7 Å². The molecule has 0 radical (unpaired) electrons. The van der Waals surface area contributed by atoms with Gasteiger partial charge in [0.1, 0.15) is 4.88 Å². The molecule has 2 N–H and O–H groups in total. The highest BCUT2D eigenvalue weighted by atomic mass is 32.1. The molecule has 2 amide bonds. The number of rotatable bonds is 2. The zero-order valence-electron chi connectivity index (χ0n) is 10.8. The lowest BCUT2D eigenvalue weighted by atomic mass is 10.1. The highest BCUT2D eigenvalue weighted by Crippen LogP contribution is 2.31. The number of carbonyl (C=O) groups is 2. The third-order valence-electron chi connectivity index (χ3n) is 2.89. The minimum absolute atomic E-state index is 0.238. The van der Waals surface area contributed by atoms with Gasteiger partial charge in [0.15, 0.2) is 3.95 Å². The Morgan fingerprint density at radius 3 is 2.86 bits per heavy atom. The Hall–Kier alpha value is -2.32. The maximum absolute atomic E-state index is 12.1. The number of thiazole rings is 1. The van der Waals surface area contributed by atoms with Gasteiger partial charge in [-0.2, -0.15) is 4.68 Å². The summed E-state index contributed by atoms with van der Waals surface area (Å²) in [6.07, 6.45) is 0. The van der Waals surface area contributed by atoms with Gasteiger partial charge in [0.25, 0.3) is 5.91 Å². The number of nitrogens with zero attached hydrogens (tertiary/aromatic N) is 2. The van der Waals surface area contributed by atoms with E-state index < -0.39 is 5.91 Å². The van der Waals surface area contributed by atoms with Crippen molar-refractivity contribution >= 4 is 40.9 Å². The standard InChI is InChI=1S/C13H9N3O3S2/c1-6(17)15-16-12(19)10(21-13(16)20)9-7-4-2-3-5-8(7)14-11(9)18/h2-5,19H,1H3,(H,15,17). The number of carbonyl (C=O) groups excluding carboxylic acids is 2. The van der Waals surface area contributed by atoms with E-state index in [4.69, 9.17) is 12.2 Å². The smallest absolute Gasteiger partial charge is 0.279 e. The van der Waals surface area contributed by atoms with Gasteiger partial charge in [0.05, 0.1) is 10.9 Å². The summed E-state index contributed by atoms with van der Waals surface area (Å²) in [4.78, 5) is 27.5. The van der Waals surface area contributed by atoms with Crippen LogP contribution in [-0.4, -0.2) is 21.6 Å². The molecule has 0 spiro atoms. The summed E-state index contributed by atoms with van der Waals surface area (Å²) >= 11 is 6.15. The van der Waals surface area contributed by atoms with Crippen molar-refractivity contribution in [2.45, 2.75) is 6.92 Å². The predicted octanol–water partition coefficient (Wildman–Crippen LogP) is 0.433. The van der Waals surface area contributed by atoms with Crippen molar-refractivity contribution in [3.05, 3.63) is 43.7 Å². The van der Waals surface area contributed by atoms with Crippen LogP contribution in [0.5, 0.6) is 5.88 Å². The van der Waals surface area contributed by atoms with E-state index in [1.807, 2.05) is 0 Å². The second-order valence-corrected chi connectivity index (χ2v) is 5.98. The Morgan fingerprint density at radius 1 is 1.43 bits per heavy atom. The molecule has 2 heterocycles. The monoisotopic (exact) mass is 319 g/mol. The van der Waals surface area contributed by atoms with E-state index in [0.29, 0.717) is 21.0 Å². The molecule has 0 saturated carbocycles. The summed E-state index contributed by atoms with van der Waals surface area (Å²) in [5.41, 5.74) is 2.70. The van der Waals surface area contributed by atoms with Crippen LogP contribution in [0.25, 0.3) is 5.57 Å². The first-order valence-electron chi connectivity index (χ1n) is 5.94. The van der Waals surface area contributed by atoms with Gasteiger partial charge in [-0.1, -0.05) is 29.5 Å². The fourth-order valence-corrected chi connectivity index (χ4v) is 3.33. The molecule has 3 rings (SSSR count). The minimum atomic E-state index is -0.433. The Balaban J connectivity index is 2.29. The summed E-state index contributed by atoms with van der Waals surface area (Å²) in [6, 6.07) is 7.04. The van der Waals surface area contributed by atoms with Gasteiger partial charge in [-0.25, -0.2) is 4.99 Å². The van der Waals surface area contributed by atoms with Crippen LogP contribution >= 0.6 is 23.6 Å². The molecule has 106 valence electrons. The molecule has 6 nitrogen and oxygen atoms in total. The van der Waals surface area contributed by atoms with Gasteiger partial charge in [-0.3, -0.25) is 15.0 Å². The van der Waals surface area contributed by atoms with E-state index in [1.54, 1.807) is 24.3 Å². The van der Waals surface area contributed by atoms with Crippen LogP contribution in [0, 0.1) is 3.95 Å². The summed E-state index contributed by atoms with van der Waals surface area (Å²) in [5.74, 6) is -1.08. The zero-order chi connectivity index (χ0) is 15.1. The number of aromatic hydroxyl groups is 1. The fraction of sp³-hybridized carbons (Fsp3) is 0.0769. The topological polar surface area (TPSA) is 83.7 Å². The first-order valence-corrected chi connectivity index (χ1v) is 7.16. The molecule has 0 unspecified atom stereocenters. The molecular formula is C13H9N3O3S2. The lowest BCUT2D eigenvalue weighted by Gasteiger charge is -2.04. The normalized spacial score (nSPS) is 13.0. The van der Waals surface area contributed by atoms with Gasteiger partial charge in [0, 0.05) is 12.1 Å². The van der Waals surface area contributed by atoms with Crippen LogP contribution < -0.4 is 16.0 Å². The molecule has 0 saturated heterocycles. The van der Waals surface area contributed by atoms with Crippen molar-refractivity contribution < 1.29 is 14.7 Å². The lowest BCUT2D eigenvalue weighted by Crippen LogP contribution is -2.22. The minimum Gasteiger partial charge on any atom is -0.492 e. The summed E-state index contributed by atoms with van der Waals surface area (Å²) in [6.45, 7) is 1.30. The van der Waals surface area contributed by atoms with Crippen molar-refractivity contribution in [1.29, 1.82) is 0 Å². The third-order valence-corrected chi connectivity index (χ3v) is 4.27. The highest BCUT2D eigenvalue weighted by molar-refractivity contribution is 7.73. The van der Waals surface area contributed by atoms with E-state index >= 15 is 0 Å². The van der Waals surface area contributed by atoms with Crippen LogP contribution in [0.3, 0.4) is 0 Å². The zero-order valence-corrected chi connectivity index (χ0v) is 12.4. The predicted molar refractivity (Wildman–Crippen MR) is 79.6 cm³/mol. The number of nitrogens with one attached hydrogen (secondary N) is 1. The second-order valence-electron chi connectivity index (χ2n) is 4.33. The van der Waals surface area contributed by atoms with E-state index in [-0.39, 0.29) is 15.7 Å². The summed E-state index contributed by atoms with van der Waals surface area (Å²) in [5, 5.41) is 11.4. The first-order chi connectivity index (χ1) is 9.99. The largest absolute Gasteiger partial charge is 0.492 e. The van der Waals surface area contributed by atoms with Crippen molar-refractivity contribution in [2.24, 2.45) is 4.99 Å². The van der Waals surface area contributed by atoms with Crippen molar-refractivity contribution in [2.75, 3.05) is 5.43 Å².